The van der Waals surface area contributed by atoms with E-state index in [1.165, 1.54) is 75.7 Å². The molecule has 0 fully saturated rings. The van der Waals surface area contributed by atoms with Crippen LogP contribution in [0.3, 0.4) is 0 Å². The Morgan fingerprint density at radius 3 is 1.54 bits per heavy atom. The summed E-state index contributed by atoms with van der Waals surface area (Å²) in [6.45, 7) is 0. The van der Waals surface area contributed by atoms with Gasteiger partial charge in [0, 0.05) is 27.9 Å². The van der Waals surface area contributed by atoms with Gasteiger partial charge in [-0.25, -0.2) is 0 Å². The molecule has 1 heterocycles. The van der Waals surface area contributed by atoms with Gasteiger partial charge in [0.15, 0.2) is 0 Å². The van der Waals surface area contributed by atoms with Crippen molar-refractivity contribution in [2.24, 2.45) is 0 Å². The van der Waals surface area contributed by atoms with E-state index in [0.29, 0.717) is 5.56 Å². The van der Waals surface area contributed by atoms with Gasteiger partial charge >= 0.3 is 0 Å². The van der Waals surface area contributed by atoms with Crippen LogP contribution in [0, 0.1) is 10.1 Å². The van der Waals surface area contributed by atoms with Gasteiger partial charge in [-0.15, -0.1) is 0 Å². The minimum atomic E-state index is -0.315. The molecule has 0 bridgehead atoms. The van der Waals surface area contributed by atoms with E-state index in [9.17, 15) is 10.1 Å². The van der Waals surface area contributed by atoms with Crippen LogP contribution >= 0.6 is 0 Å². The largest absolute Gasteiger partial charge is 0.354 e. The molecule has 0 atom stereocenters. The van der Waals surface area contributed by atoms with Gasteiger partial charge in [0.1, 0.15) is 0 Å². The number of nitro benzene ring substituents is 1. The highest BCUT2D eigenvalue weighted by atomic mass is 16.6. The molecule has 1 aromatic heterocycles. The summed E-state index contributed by atoms with van der Waals surface area (Å²) in [5.74, 6) is 0. The zero-order valence-electron chi connectivity index (χ0n) is 28.0. The Bertz CT molecular complexity index is 3230. The Labute approximate surface area is 298 Å². The summed E-state index contributed by atoms with van der Waals surface area (Å²) < 4.78 is 0. The lowest BCUT2D eigenvalue weighted by Crippen LogP contribution is -1.92. The van der Waals surface area contributed by atoms with Crippen molar-refractivity contribution in [3.63, 3.8) is 0 Å². The number of nitrogens with one attached hydrogen (secondary N) is 1. The zero-order valence-corrected chi connectivity index (χ0v) is 28.0. The van der Waals surface area contributed by atoms with Crippen molar-refractivity contribution in [3.05, 3.63) is 186 Å². The molecule has 0 aliphatic carbocycles. The summed E-state index contributed by atoms with van der Waals surface area (Å²) >= 11 is 0. The van der Waals surface area contributed by atoms with Gasteiger partial charge in [0.05, 0.1) is 10.5 Å². The molecule has 1 N–H and O–H groups in total. The normalized spacial score (nSPS) is 11.6. The lowest BCUT2D eigenvalue weighted by atomic mass is 9.92. The van der Waals surface area contributed by atoms with Crippen LogP contribution in [0.25, 0.3) is 97.6 Å². The van der Waals surface area contributed by atoms with E-state index in [1.54, 1.807) is 12.1 Å². The number of nitro groups is 1. The summed E-state index contributed by atoms with van der Waals surface area (Å²) in [6, 6.07) is 60.4. The van der Waals surface area contributed by atoms with Gasteiger partial charge in [0.2, 0.25) is 0 Å². The fraction of sp³-hybridized carbons (Fsp3) is 0. The van der Waals surface area contributed by atoms with E-state index in [-0.39, 0.29) is 10.6 Å². The minimum absolute atomic E-state index is 0.128. The monoisotopic (exact) mass is 666 g/mol. The average molecular weight is 667 g/mol. The number of fused-ring (bicyclic) bond motifs is 14. The molecule has 0 amide bonds. The fourth-order valence-corrected chi connectivity index (χ4v) is 8.22. The number of H-pyrrole nitrogens is 1. The van der Waals surface area contributed by atoms with E-state index in [0.717, 1.165) is 16.3 Å². The quantitative estimate of drug-likeness (QED) is 0.113. The summed E-state index contributed by atoms with van der Waals surface area (Å²) in [5, 5.41) is 28.9. The third-order valence-electron chi connectivity index (χ3n) is 10.5. The first kappa shape index (κ1) is 29.8. The van der Waals surface area contributed by atoms with E-state index in [1.807, 2.05) is 36.4 Å². The number of nitrogens with zero attached hydrogens (tertiary/aromatic N) is 1. The second-order valence-corrected chi connectivity index (χ2v) is 13.3. The number of aromatic amines is 1. The molecule has 11 rings (SSSR count). The number of benzene rings is 10. The molecule has 0 saturated carbocycles. The first-order valence-corrected chi connectivity index (χ1v) is 17.4. The van der Waals surface area contributed by atoms with Crippen molar-refractivity contribution in [1.29, 1.82) is 0 Å². The van der Waals surface area contributed by atoms with Crippen LogP contribution in [-0.2, 0) is 0 Å². The summed E-state index contributed by atoms with van der Waals surface area (Å²) in [5.41, 5.74) is 4.06. The van der Waals surface area contributed by atoms with Crippen LogP contribution < -0.4 is 0 Å². The van der Waals surface area contributed by atoms with Crippen LogP contribution in [0.15, 0.2) is 176 Å². The van der Waals surface area contributed by atoms with Crippen LogP contribution in [0.4, 0.5) is 5.69 Å². The van der Waals surface area contributed by atoms with E-state index >= 15 is 0 Å². The summed E-state index contributed by atoms with van der Waals surface area (Å²) in [4.78, 5) is 14.8. The highest BCUT2D eigenvalue weighted by Gasteiger charge is 2.17. The molecule has 0 radical (unpaired) electrons. The molecule has 4 heteroatoms. The molecule has 0 saturated heterocycles. The van der Waals surface area contributed by atoms with Gasteiger partial charge in [-0.05, 0) is 88.4 Å². The van der Waals surface area contributed by atoms with Gasteiger partial charge in [-0.2, -0.15) is 0 Å². The van der Waals surface area contributed by atoms with Crippen LogP contribution in [0.1, 0.15) is 0 Å². The van der Waals surface area contributed by atoms with Crippen molar-refractivity contribution in [2.45, 2.75) is 0 Å². The highest BCUT2D eigenvalue weighted by molar-refractivity contribution is 6.28. The molecule has 0 unspecified atom stereocenters. The maximum atomic E-state index is 11.5. The van der Waals surface area contributed by atoms with E-state index in [2.05, 4.69) is 132 Å². The third kappa shape index (κ3) is 4.62. The molecule has 4 nitrogen and oxygen atoms in total. The lowest BCUT2D eigenvalue weighted by molar-refractivity contribution is -0.384. The zero-order chi connectivity index (χ0) is 34.8. The predicted octanol–water partition coefficient (Wildman–Crippen LogP) is 13.5. The molecular formula is C48H30N2O2. The number of rotatable bonds is 2. The standard InChI is InChI=1S/C24H15NO2.C24H15N/c26-25(27)23-11-4-3-8-21(23)19-9-5-10-22-20(19)15-14-17-13-12-16-6-1-2-7-18(16)24(17)22;1-2-6-17-15(5-1)9-10-16-11-12-19-18(23(16)17)13-14-22-24(19)20-7-3-4-8-21(20)25-22/h1-15H;1-14,25H. The molecule has 0 aliphatic heterocycles. The van der Waals surface area contributed by atoms with Crippen molar-refractivity contribution < 1.29 is 4.92 Å². The first-order valence-electron chi connectivity index (χ1n) is 17.4. The van der Waals surface area contributed by atoms with Crippen LogP contribution in [0.2, 0.25) is 0 Å². The molecule has 11 aromatic rings. The maximum absolute atomic E-state index is 11.5. The fourth-order valence-electron chi connectivity index (χ4n) is 8.22. The molecule has 244 valence electrons. The molecule has 0 aliphatic rings. The minimum Gasteiger partial charge on any atom is -0.354 e. The molecular weight excluding hydrogens is 637 g/mol. The van der Waals surface area contributed by atoms with Gasteiger partial charge in [-0.3, -0.25) is 10.1 Å². The van der Waals surface area contributed by atoms with Crippen molar-refractivity contribution in [3.8, 4) is 11.1 Å². The topological polar surface area (TPSA) is 58.9 Å². The van der Waals surface area contributed by atoms with Crippen LogP contribution in [-0.4, -0.2) is 9.91 Å². The Kier molecular flexibility index (Phi) is 6.76. The number of para-hydroxylation sites is 2. The third-order valence-corrected chi connectivity index (χ3v) is 10.5. The number of aromatic nitrogens is 1. The molecule has 10 aromatic carbocycles. The Balaban J connectivity index is 0.000000130. The predicted molar refractivity (Wildman–Crippen MR) is 219 cm³/mol. The second-order valence-electron chi connectivity index (χ2n) is 13.3. The van der Waals surface area contributed by atoms with Crippen molar-refractivity contribution in [1.82, 2.24) is 4.98 Å². The second kappa shape index (κ2) is 11.8. The van der Waals surface area contributed by atoms with Crippen molar-refractivity contribution >= 4 is 92.1 Å². The van der Waals surface area contributed by atoms with Crippen molar-refractivity contribution in [2.75, 3.05) is 0 Å². The SMILES string of the molecule is O=[N+]([O-])c1ccccc1-c1cccc2c1ccc1ccc3ccccc3c12.c1ccc2c(c1)ccc1ccc3c(ccc4[nH]c5ccccc5c43)c12. The Morgan fingerprint density at radius 1 is 0.346 bits per heavy atom. The Hall–Kier alpha value is -7.04. The lowest BCUT2D eigenvalue weighted by Gasteiger charge is -2.12. The van der Waals surface area contributed by atoms with Gasteiger partial charge < -0.3 is 4.98 Å². The van der Waals surface area contributed by atoms with Gasteiger partial charge in [0.25, 0.3) is 5.69 Å². The number of hydrogen-bond donors (Lipinski definition) is 1. The molecule has 0 spiro atoms. The summed E-state index contributed by atoms with van der Waals surface area (Å²) in [6.07, 6.45) is 0. The molecule has 52 heavy (non-hydrogen) atoms. The average Bonchev–Trinajstić information content (AvgIpc) is 3.59. The smallest absolute Gasteiger partial charge is 0.277 e. The maximum Gasteiger partial charge on any atom is 0.277 e. The number of hydrogen-bond acceptors (Lipinski definition) is 2. The highest BCUT2D eigenvalue weighted by Crippen LogP contribution is 2.40. The first-order chi connectivity index (χ1) is 25.6. The van der Waals surface area contributed by atoms with E-state index < -0.39 is 0 Å². The van der Waals surface area contributed by atoms with Crippen LogP contribution in [0.5, 0.6) is 0 Å². The van der Waals surface area contributed by atoms with Gasteiger partial charge in [-0.1, -0.05) is 152 Å². The van der Waals surface area contributed by atoms with E-state index in [4.69, 9.17) is 0 Å². The Morgan fingerprint density at radius 2 is 0.827 bits per heavy atom. The summed E-state index contributed by atoms with van der Waals surface area (Å²) in [7, 11) is 0.